The molecule has 1 amide bonds. The average Bonchev–Trinajstić information content (AvgIpc) is 1.68. The highest BCUT2D eigenvalue weighted by Gasteiger charge is 1.97. The summed E-state index contributed by atoms with van der Waals surface area (Å²) in [6.07, 6.45) is 3.30. The third-order valence-corrected chi connectivity index (χ3v) is 1.08. The second kappa shape index (κ2) is 4.91. The van der Waals surface area contributed by atoms with E-state index in [1.807, 2.05) is 6.92 Å². The first-order chi connectivity index (χ1) is 3.81. The van der Waals surface area contributed by atoms with Gasteiger partial charge >= 0.3 is 6.41 Å². The fourth-order valence-electron chi connectivity index (χ4n) is 0.390. The fraction of sp³-hybridized carbons (Fsp3) is 0.800. The monoisotopic (exact) mass is 134 g/mol. The van der Waals surface area contributed by atoms with Crippen LogP contribution in [-0.2, 0) is 4.79 Å². The first kappa shape index (κ1) is 7.76. The van der Waals surface area contributed by atoms with Crippen LogP contribution in [0.15, 0.2) is 0 Å². The number of nitrogens with one attached hydrogen (secondary N) is 1. The predicted octanol–water partition coefficient (Wildman–Crippen LogP) is 1.01. The van der Waals surface area contributed by atoms with Gasteiger partial charge in [-0.1, -0.05) is 24.9 Å². The molecule has 0 aliphatic carbocycles. The molecule has 1 atom stereocenters. The topological polar surface area (TPSA) is 29.1 Å². The summed E-state index contributed by atoms with van der Waals surface area (Å²) in [6, 6.07) is 0. The molecular formula is C5H9ClNO. The summed E-state index contributed by atoms with van der Waals surface area (Å²) in [5.74, 6) is 0. The van der Waals surface area contributed by atoms with Crippen molar-refractivity contribution in [3.8, 4) is 0 Å². The number of alkyl halides is 1. The van der Waals surface area contributed by atoms with E-state index in [1.54, 1.807) is 0 Å². The van der Waals surface area contributed by atoms with E-state index in [4.69, 9.17) is 11.6 Å². The molecule has 1 unspecified atom stereocenters. The van der Waals surface area contributed by atoms with Crippen LogP contribution in [-0.4, -0.2) is 11.9 Å². The van der Waals surface area contributed by atoms with E-state index in [9.17, 15) is 4.79 Å². The number of carbonyl (C=O) groups excluding carboxylic acids is 1. The first-order valence-corrected chi connectivity index (χ1v) is 3.01. The lowest BCUT2D eigenvalue weighted by atomic mass is 10.3. The molecule has 0 spiro atoms. The molecule has 0 fully saturated rings. The summed E-state index contributed by atoms with van der Waals surface area (Å²) in [7, 11) is 0. The predicted molar refractivity (Wildman–Crippen MR) is 33.4 cm³/mol. The van der Waals surface area contributed by atoms with Gasteiger partial charge in [0.05, 0.1) is 0 Å². The Morgan fingerprint density at radius 2 is 2.50 bits per heavy atom. The molecule has 3 heteroatoms. The highest BCUT2D eigenvalue weighted by molar-refractivity contribution is 6.20. The van der Waals surface area contributed by atoms with Gasteiger partial charge in [-0.3, -0.25) is 4.79 Å². The summed E-state index contributed by atoms with van der Waals surface area (Å²) in [4.78, 5) is 9.57. The minimum absolute atomic E-state index is 0.238. The number of hydrogen-bond acceptors (Lipinski definition) is 1. The SMILES string of the molecule is CCCC(Cl)N[C]=O. The molecule has 0 rings (SSSR count). The van der Waals surface area contributed by atoms with Gasteiger partial charge in [-0.05, 0) is 6.42 Å². The smallest absolute Gasteiger partial charge is 0.310 e. The van der Waals surface area contributed by atoms with Crippen LogP contribution in [0.2, 0.25) is 0 Å². The van der Waals surface area contributed by atoms with E-state index >= 15 is 0 Å². The third kappa shape index (κ3) is 3.93. The van der Waals surface area contributed by atoms with Crippen LogP contribution in [0.3, 0.4) is 0 Å². The Labute approximate surface area is 54.2 Å². The molecule has 1 N–H and O–H groups in total. The van der Waals surface area contributed by atoms with Gasteiger partial charge in [0, 0.05) is 0 Å². The van der Waals surface area contributed by atoms with Crippen molar-refractivity contribution in [3.63, 3.8) is 0 Å². The Morgan fingerprint density at radius 3 is 2.88 bits per heavy atom. The van der Waals surface area contributed by atoms with Crippen molar-refractivity contribution in [2.75, 3.05) is 0 Å². The summed E-state index contributed by atoms with van der Waals surface area (Å²) in [5.41, 5.74) is -0.238. The maximum absolute atomic E-state index is 9.57. The second-order valence-corrected chi connectivity index (χ2v) is 2.03. The quantitative estimate of drug-likeness (QED) is 0.347. The zero-order valence-corrected chi connectivity index (χ0v) is 5.53. The van der Waals surface area contributed by atoms with E-state index in [-0.39, 0.29) is 5.50 Å². The van der Waals surface area contributed by atoms with Crippen LogP contribution in [0, 0.1) is 0 Å². The van der Waals surface area contributed by atoms with Crippen LogP contribution in [0.4, 0.5) is 0 Å². The van der Waals surface area contributed by atoms with E-state index in [0.717, 1.165) is 12.8 Å². The van der Waals surface area contributed by atoms with Crippen molar-refractivity contribution >= 4 is 18.0 Å². The average molecular weight is 135 g/mol. The van der Waals surface area contributed by atoms with Gasteiger partial charge in [0.1, 0.15) is 5.50 Å². The van der Waals surface area contributed by atoms with Gasteiger partial charge in [-0.25, -0.2) is 0 Å². The van der Waals surface area contributed by atoms with E-state index in [0.29, 0.717) is 0 Å². The van der Waals surface area contributed by atoms with E-state index < -0.39 is 0 Å². The molecule has 0 heterocycles. The normalized spacial score (nSPS) is 12.8. The molecule has 0 saturated heterocycles. The van der Waals surface area contributed by atoms with Crippen LogP contribution in [0.25, 0.3) is 0 Å². The highest BCUT2D eigenvalue weighted by Crippen LogP contribution is 1.98. The summed E-state index contributed by atoms with van der Waals surface area (Å²) in [5, 5.41) is 2.31. The van der Waals surface area contributed by atoms with Crippen LogP contribution >= 0.6 is 11.6 Å². The molecule has 0 aliphatic rings. The number of hydrogen-bond donors (Lipinski definition) is 1. The molecule has 0 aromatic carbocycles. The van der Waals surface area contributed by atoms with Crippen molar-refractivity contribution in [3.05, 3.63) is 0 Å². The molecule has 2 nitrogen and oxygen atoms in total. The van der Waals surface area contributed by atoms with Crippen molar-refractivity contribution < 1.29 is 4.79 Å². The lowest BCUT2D eigenvalue weighted by Crippen LogP contribution is -2.20. The molecule has 0 saturated carbocycles. The largest absolute Gasteiger partial charge is 0.332 e. The van der Waals surface area contributed by atoms with Crippen LogP contribution in [0.1, 0.15) is 19.8 Å². The first-order valence-electron chi connectivity index (χ1n) is 2.58. The summed E-state index contributed by atoms with van der Waals surface area (Å²) >= 11 is 5.51. The minimum atomic E-state index is -0.238. The van der Waals surface area contributed by atoms with E-state index in [2.05, 4.69) is 5.32 Å². The van der Waals surface area contributed by atoms with Crippen molar-refractivity contribution in [1.82, 2.24) is 5.32 Å². The van der Waals surface area contributed by atoms with Gasteiger partial charge < -0.3 is 5.32 Å². The minimum Gasteiger partial charge on any atom is -0.332 e. The summed E-state index contributed by atoms with van der Waals surface area (Å²) < 4.78 is 0. The van der Waals surface area contributed by atoms with Crippen molar-refractivity contribution in [2.45, 2.75) is 25.3 Å². The van der Waals surface area contributed by atoms with Crippen molar-refractivity contribution in [2.24, 2.45) is 0 Å². The molecule has 8 heavy (non-hydrogen) atoms. The Hall–Kier alpha value is -0.240. The van der Waals surface area contributed by atoms with Crippen LogP contribution < -0.4 is 5.32 Å². The van der Waals surface area contributed by atoms with Gasteiger partial charge in [-0.15, -0.1) is 0 Å². The molecule has 47 valence electrons. The van der Waals surface area contributed by atoms with Gasteiger partial charge in [0.2, 0.25) is 0 Å². The maximum atomic E-state index is 9.57. The third-order valence-electron chi connectivity index (χ3n) is 0.758. The maximum Gasteiger partial charge on any atom is 0.310 e. The number of amides is 1. The Kier molecular flexibility index (Phi) is 4.76. The van der Waals surface area contributed by atoms with Gasteiger partial charge in [-0.2, -0.15) is 0 Å². The molecular weight excluding hydrogens is 126 g/mol. The van der Waals surface area contributed by atoms with Gasteiger partial charge in [0.25, 0.3) is 0 Å². The Morgan fingerprint density at radius 1 is 1.88 bits per heavy atom. The summed E-state index contributed by atoms with van der Waals surface area (Å²) in [6.45, 7) is 2.00. The molecule has 0 aromatic rings. The second-order valence-electron chi connectivity index (χ2n) is 1.50. The molecule has 0 bridgehead atoms. The standard InChI is InChI=1S/C5H9ClNO/c1-2-3-5(6)7-4-8/h5H,2-3H2,1H3,(H,7,8). The zero-order chi connectivity index (χ0) is 6.41. The lowest BCUT2D eigenvalue weighted by Gasteiger charge is -2.02. The zero-order valence-electron chi connectivity index (χ0n) is 4.78. The fourth-order valence-corrected chi connectivity index (χ4v) is 0.652. The molecule has 0 aromatic heterocycles. The van der Waals surface area contributed by atoms with Crippen LogP contribution in [0.5, 0.6) is 0 Å². The Bertz CT molecular complexity index is 67.4. The highest BCUT2D eigenvalue weighted by atomic mass is 35.5. The Balaban J connectivity index is 3.03. The lowest BCUT2D eigenvalue weighted by molar-refractivity contribution is 0.534. The number of halogens is 1. The number of rotatable bonds is 4. The molecule has 1 radical (unpaired) electrons. The molecule has 0 aliphatic heterocycles. The van der Waals surface area contributed by atoms with Gasteiger partial charge in [0.15, 0.2) is 0 Å². The van der Waals surface area contributed by atoms with Crippen molar-refractivity contribution in [1.29, 1.82) is 0 Å². The van der Waals surface area contributed by atoms with E-state index in [1.165, 1.54) is 6.41 Å².